The quantitative estimate of drug-likeness (QED) is 0.562. The monoisotopic (exact) mass is 323 g/mol. The highest BCUT2D eigenvalue weighted by atomic mass is 16.5. The average molecular weight is 323 g/mol. The minimum absolute atomic E-state index is 0.221. The van der Waals surface area contributed by atoms with Crippen LogP contribution >= 0.6 is 0 Å². The summed E-state index contributed by atoms with van der Waals surface area (Å²) in [4.78, 5) is 18.9. The first-order valence-corrected chi connectivity index (χ1v) is 7.70. The van der Waals surface area contributed by atoms with Crippen molar-refractivity contribution in [1.82, 2.24) is 14.5 Å². The van der Waals surface area contributed by atoms with Crippen LogP contribution in [0.15, 0.2) is 17.3 Å². The van der Waals surface area contributed by atoms with Crippen LogP contribution in [0.4, 0.5) is 0 Å². The molecule has 8 nitrogen and oxygen atoms in total. The zero-order valence-corrected chi connectivity index (χ0v) is 12.8. The maximum absolute atomic E-state index is 12.2. The van der Waals surface area contributed by atoms with Crippen molar-refractivity contribution in [3.05, 3.63) is 28.4 Å². The third-order valence-electron chi connectivity index (χ3n) is 4.18. The molecule has 3 atom stereocenters. The standard InChI is InChI=1S/C15H21N3O5/c1-8(21)11(5-19)23-12(6-20)18-4-10(9-2-3-9)13-14(18)16-7-17-15(13)22/h4,7-9,11-12,19-21H,2-3,5-6H2,1H3,(H,16,17,22). The first-order valence-electron chi connectivity index (χ1n) is 7.70. The highest BCUT2D eigenvalue weighted by molar-refractivity contribution is 5.80. The minimum atomic E-state index is -0.893. The lowest BCUT2D eigenvalue weighted by atomic mass is 10.1. The zero-order valence-electron chi connectivity index (χ0n) is 12.8. The number of aliphatic hydroxyl groups is 3. The second kappa shape index (κ2) is 6.40. The molecule has 126 valence electrons. The van der Waals surface area contributed by atoms with E-state index < -0.39 is 18.4 Å². The predicted molar refractivity (Wildman–Crippen MR) is 82.1 cm³/mol. The number of fused-ring (bicyclic) bond motifs is 1. The Morgan fingerprint density at radius 1 is 1.43 bits per heavy atom. The Hall–Kier alpha value is -1.74. The predicted octanol–water partition coefficient (Wildman–Crippen LogP) is -0.149. The van der Waals surface area contributed by atoms with Gasteiger partial charge in [0.25, 0.3) is 5.56 Å². The van der Waals surface area contributed by atoms with E-state index in [4.69, 9.17) is 4.74 Å². The molecule has 0 aromatic carbocycles. The molecule has 0 aliphatic heterocycles. The lowest BCUT2D eigenvalue weighted by Crippen LogP contribution is -2.34. The van der Waals surface area contributed by atoms with Crippen LogP contribution in [0.25, 0.3) is 11.0 Å². The Balaban J connectivity index is 2.04. The number of aromatic nitrogens is 3. The van der Waals surface area contributed by atoms with Crippen LogP contribution in [0, 0.1) is 0 Å². The molecule has 0 radical (unpaired) electrons. The van der Waals surface area contributed by atoms with Crippen molar-refractivity contribution >= 4 is 11.0 Å². The van der Waals surface area contributed by atoms with Crippen LogP contribution in [0.3, 0.4) is 0 Å². The van der Waals surface area contributed by atoms with E-state index in [-0.39, 0.29) is 18.8 Å². The van der Waals surface area contributed by atoms with Crippen LogP contribution < -0.4 is 5.56 Å². The lowest BCUT2D eigenvalue weighted by molar-refractivity contribution is -0.131. The molecule has 4 N–H and O–H groups in total. The second-order valence-corrected chi connectivity index (χ2v) is 5.93. The van der Waals surface area contributed by atoms with Crippen LogP contribution in [-0.4, -0.2) is 55.3 Å². The molecule has 2 heterocycles. The van der Waals surface area contributed by atoms with Crippen molar-refractivity contribution < 1.29 is 20.1 Å². The van der Waals surface area contributed by atoms with Gasteiger partial charge in [-0.1, -0.05) is 0 Å². The molecule has 2 aromatic heterocycles. The van der Waals surface area contributed by atoms with E-state index in [2.05, 4.69) is 9.97 Å². The van der Waals surface area contributed by atoms with Gasteiger partial charge in [-0.2, -0.15) is 0 Å². The van der Waals surface area contributed by atoms with E-state index in [0.717, 1.165) is 18.4 Å². The van der Waals surface area contributed by atoms with Gasteiger partial charge in [0, 0.05) is 6.20 Å². The van der Waals surface area contributed by atoms with Gasteiger partial charge in [-0.3, -0.25) is 4.79 Å². The topological polar surface area (TPSA) is 121 Å². The Bertz CT molecular complexity index is 734. The summed E-state index contributed by atoms with van der Waals surface area (Å²) in [5.41, 5.74) is 1.10. The van der Waals surface area contributed by atoms with E-state index in [9.17, 15) is 20.1 Å². The van der Waals surface area contributed by atoms with Gasteiger partial charge in [0.2, 0.25) is 0 Å². The van der Waals surface area contributed by atoms with E-state index in [1.807, 2.05) is 0 Å². The summed E-state index contributed by atoms with van der Waals surface area (Å²) in [5, 5.41) is 29.1. The van der Waals surface area contributed by atoms with Gasteiger partial charge < -0.3 is 29.6 Å². The van der Waals surface area contributed by atoms with Crippen molar-refractivity contribution in [2.45, 2.75) is 44.1 Å². The van der Waals surface area contributed by atoms with Crippen LogP contribution in [0.1, 0.15) is 37.5 Å². The SMILES string of the molecule is CC(O)C(CO)OC(CO)n1cc(C2CC2)c2c(=O)[nH]cnc21. The molecule has 23 heavy (non-hydrogen) atoms. The molecule has 0 amide bonds. The summed E-state index contributed by atoms with van der Waals surface area (Å²) >= 11 is 0. The highest BCUT2D eigenvalue weighted by Crippen LogP contribution is 2.43. The Labute approximate surface area is 132 Å². The number of rotatable bonds is 7. The molecular weight excluding hydrogens is 302 g/mol. The van der Waals surface area contributed by atoms with Crippen molar-refractivity contribution in [2.75, 3.05) is 13.2 Å². The van der Waals surface area contributed by atoms with Gasteiger partial charge in [-0.25, -0.2) is 4.98 Å². The van der Waals surface area contributed by atoms with Crippen LogP contribution in [0.2, 0.25) is 0 Å². The lowest BCUT2D eigenvalue weighted by Gasteiger charge is -2.25. The van der Waals surface area contributed by atoms with Crippen LogP contribution in [-0.2, 0) is 4.74 Å². The summed E-state index contributed by atoms with van der Waals surface area (Å²) in [6, 6.07) is 0. The average Bonchev–Trinajstić information content (AvgIpc) is 3.30. The Morgan fingerprint density at radius 2 is 2.17 bits per heavy atom. The molecule has 3 rings (SSSR count). The molecule has 0 spiro atoms. The molecule has 1 aliphatic carbocycles. The van der Waals surface area contributed by atoms with E-state index in [1.165, 1.54) is 13.3 Å². The summed E-state index contributed by atoms with van der Waals surface area (Å²) in [5.74, 6) is 0.328. The summed E-state index contributed by atoms with van der Waals surface area (Å²) in [7, 11) is 0. The van der Waals surface area contributed by atoms with E-state index in [0.29, 0.717) is 17.0 Å². The van der Waals surface area contributed by atoms with Gasteiger partial charge >= 0.3 is 0 Å². The smallest absolute Gasteiger partial charge is 0.260 e. The van der Waals surface area contributed by atoms with Gasteiger partial charge in [0.1, 0.15) is 11.8 Å². The number of aliphatic hydroxyl groups excluding tert-OH is 3. The fourth-order valence-electron chi connectivity index (χ4n) is 2.75. The zero-order chi connectivity index (χ0) is 16.6. The molecule has 2 aromatic rings. The molecule has 1 aliphatic rings. The third-order valence-corrected chi connectivity index (χ3v) is 4.18. The molecule has 1 fully saturated rings. The van der Waals surface area contributed by atoms with E-state index in [1.54, 1.807) is 10.8 Å². The molecule has 0 bridgehead atoms. The van der Waals surface area contributed by atoms with E-state index >= 15 is 0 Å². The van der Waals surface area contributed by atoms with Gasteiger partial charge in [-0.05, 0) is 31.2 Å². The van der Waals surface area contributed by atoms with Crippen molar-refractivity contribution in [3.63, 3.8) is 0 Å². The summed E-state index contributed by atoms with van der Waals surface area (Å²) < 4.78 is 7.22. The maximum atomic E-state index is 12.2. The van der Waals surface area contributed by atoms with Crippen LogP contribution in [0.5, 0.6) is 0 Å². The fourth-order valence-corrected chi connectivity index (χ4v) is 2.75. The van der Waals surface area contributed by atoms with Gasteiger partial charge in [-0.15, -0.1) is 0 Å². The van der Waals surface area contributed by atoms with Crippen molar-refractivity contribution in [1.29, 1.82) is 0 Å². The number of H-pyrrole nitrogens is 1. The summed E-state index contributed by atoms with van der Waals surface area (Å²) in [6.07, 6.45) is 2.56. The van der Waals surface area contributed by atoms with Gasteiger partial charge in [0.15, 0.2) is 6.23 Å². The number of aromatic amines is 1. The van der Waals surface area contributed by atoms with Crippen molar-refractivity contribution in [2.24, 2.45) is 0 Å². The Morgan fingerprint density at radius 3 is 2.74 bits per heavy atom. The Kier molecular flexibility index (Phi) is 4.49. The maximum Gasteiger partial charge on any atom is 0.260 e. The highest BCUT2D eigenvalue weighted by Gasteiger charge is 2.31. The van der Waals surface area contributed by atoms with Crippen molar-refractivity contribution in [3.8, 4) is 0 Å². The first-order chi connectivity index (χ1) is 11.1. The second-order valence-electron chi connectivity index (χ2n) is 5.93. The number of hydrogen-bond acceptors (Lipinski definition) is 6. The third kappa shape index (κ3) is 3.02. The molecule has 3 unspecified atom stereocenters. The van der Waals surface area contributed by atoms with Gasteiger partial charge in [0.05, 0.1) is 31.0 Å². The number of nitrogens with one attached hydrogen (secondary N) is 1. The molecular formula is C15H21N3O5. The number of ether oxygens (including phenoxy) is 1. The summed E-state index contributed by atoms with van der Waals surface area (Å²) in [6.45, 7) is 0.754. The molecule has 1 saturated carbocycles. The number of hydrogen-bond donors (Lipinski definition) is 4. The number of nitrogens with zero attached hydrogens (tertiary/aromatic N) is 2. The fraction of sp³-hybridized carbons (Fsp3) is 0.600. The first kappa shape index (κ1) is 16.1. The normalized spacial score (nSPS) is 19.0. The largest absolute Gasteiger partial charge is 0.394 e. The molecule has 8 heteroatoms. The minimum Gasteiger partial charge on any atom is -0.394 e. The molecule has 0 saturated heterocycles.